The first-order valence-corrected chi connectivity index (χ1v) is 9.00. The molecular formula is C20H23NO3S. The quantitative estimate of drug-likeness (QED) is 0.604. The summed E-state index contributed by atoms with van der Waals surface area (Å²) in [5, 5.41) is 2.85. The van der Waals surface area contributed by atoms with Gasteiger partial charge in [-0.3, -0.25) is 9.59 Å². The molecule has 5 heteroatoms. The number of ether oxygens (including phenoxy) is 1. The minimum Gasteiger partial charge on any atom is -0.497 e. The lowest BCUT2D eigenvalue weighted by atomic mass is 9.95. The molecule has 0 bridgehead atoms. The lowest BCUT2D eigenvalue weighted by molar-refractivity contribution is -0.123. The zero-order chi connectivity index (χ0) is 18.4. The smallest absolute Gasteiger partial charge is 0.229 e. The fourth-order valence-corrected chi connectivity index (χ4v) is 2.76. The number of ketones is 1. The SMILES string of the molecule is COc1ccc(SCC(=O)c2ccc(NC(=O)C(C)(C)C)cc2)cc1. The lowest BCUT2D eigenvalue weighted by Gasteiger charge is -2.17. The summed E-state index contributed by atoms with van der Waals surface area (Å²) in [7, 11) is 1.62. The zero-order valence-corrected chi connectivity index (χ0v) is 15.8. The highest BCUT2D eigenvalue weighted by Gasteiger charge is 2.21. The summed E-state index contributed by atoms with van der Waals surface area (Å²) in [5.74, 6) is 1.15. The average molecular weight is 357 g/mol. The van der Waals surface area contributed by atoms with Gasteiger partial charge in [-0.05, 0) is 48.5 Å². The number of carbonyl (C=O) groups excluding carboxylic acids is 2. The lowest BCUT2D eigenvalue weighted by Crippen LogP contribution is -2.27. The van der Waals surface area contributed by atoms with Crippen LogP contribution in [0.25, 0.3) is 0 Å². The Morgan fingerprint density at radius 3 is 2.12 bits per heavy atom. The molecule has 0 unspecified atom stereocenters. The second kappa shape index (κ2) is 8.21. The molecule has 0 spiro atoms. The van der Waals surface area contributed by atoms with Gasteiger partial charge in [0.25, 0.3) is 0 Å². The monoisotopic (exact) mass is 357 g/mol. The summed E-state index contributed by atoms with van der Waals surface area (Å²) in [6.45, 7) is 5.57. The maximum absolute atomic E-state index is 12.3. The van der Waals surface area contributed by atoms with E-state index in [1.54, 1.807) is 31.4 Å². The number of nitrogens with one attached hydrogen (secondary N) is 1. The van der Waals surface area contributed by atoms with Crippen LogP contribution < -0.4 is 10.1 Å². The Morgan fingerprint density at radius 2 is 1.60 bits per heavy atom. The van der Waals surface area contributed by atoms with E-state index >= 15 is 0 Å². The number of hydrogen-bond acceptors (Lipinski definition) is 4. The van der Waals surface area contributed by atoms with E-state index in [1.165, 1.54) is 11.8 Å². The molecule has 4 nitrogen and oxygen atoms in total. The highest BCUT2D eigenvalue weighted by Crippen LogP contribution is 2.23. The number of anilines is 1. The van der Waals surface area contributed by atoms with Gasteiger partial charge in [-0.1, -0.05) is 20.8 Å². The first-order chi connectivity index (χ1) is 11.8. The molecule has 0 aliphatic rings. The van der Waals surface area contributed by atoms with Gasteiger partial charge >= 0.3 is 0 Å². The van der Waals surface area contributed by atoms with Crippen LogP contribution in [0.15, 0.2) is 53.4 Å². The first-order valence-electron chi connectivity index (χ1n) is 8.01. The molecule has 0 aliphatic carbocycles. The minimum absolute atomic E-state index is 0.0505. The Morgan fingerprint density at radius 1 is 1.00 bits per heavy atom. The van der Waals surface area contributed by atoms with Crippen molar-refractivity contribution in [3.05, 3.63) is 54.1 Å². The molecule has 2 aromatic rings. The van der Waals surface area contributed by atoms with E-state index in [0.717, 1.165) is 10.6 Å². The molecule has 0 heterocycles. The molecule has 0 fully saturated rings. The summed E-state index contributed by atoms with van der Waals surface area (Å²) in [6, 6.07) is 14.6. The number of methoxy groups -OCH3 is 1. The molecule has 2 rings (SSSR count). The van der Waals surface area contributed by atoms with Gasteiger partial charge in [0.05, 0.1) is 12.9 Å². The molecule has 0 saturated carbocycles. The maximum atomic E-state index is 12.3. The second-order valence-electron chi connectivity index (χ2n) is 6.67. The number of thioether (sulfide) groups is 1. The second-order valence-corrected chi connectivity index (χ2v) is 7.72. The normalized spacial score (nSPS) is 11.0. The number of amides is 1. The molecule has 0 aliphatic heterocycles. The number of benzene rings is 2. The number of rotatable bonds is 6. The summed E-state index contributed by atoms with van der Waals surface area (Å²) in [6.07, 6.45) is 0. The first kappa shape index (κ1) is 19.1. The predicted octanol–water partition coefficient (Wildman–Crippen LogP) is 4.65. The Hall–Kier alpha value is -2.27. The number of carbonyl (C=O) groups is 2. The van der Waals surface area contributed by atoms with Gasteiger partial charge in [-0.15, -0.1) is 11.8 Å². The standard InChI is InChI=1S/C20H23NO3S/c1-20(2,3)19(23)21-15-7-5-14(6-8-15)18(22)13-25-17-11-9-16(24-4)10-12-17/h5-12H,13H2,1-4H3,(H,21,23). The van der Waals surface area contributed by atoms with Crippen molar-refractivity contribution in [3.8, 4) is 5.75 Å². The van der Waals surface area contributed by atoms with Crippen LogP contribution in [-0.2, 0) is 4.79 Å². The van der Waals surface area contributed by atoms with Gasteiger partial charge in [0.2, 0.25) is 5.91 Å². The van der Waals surface area contributed by atoms with E-state index in [4.69, 9.17) is 4.74 Å². The number of Topliss-reactive ketones (excluding diaryl/α,β-unsaturated/α-hetero) is 1. The largest absolute Gasteiger partial charge is 0.497 e. The van der Waals surface area contributed by atoms with Crippen LogP contribution in [0.5, 0.6) is 5.75 Å². The van der Waals surface area contributed by atoms with Crippen molar-refractivity contribution in [3.63, 3.8) is 0 Å². The molecular weight excluding hydrogens is 334 g/mol. The van der Waals surface area contributed by atoms with E-state index in [2.05, 4.69) is 5.32 Å². The maximum Gasteiger partial charge on any atom is 0.229 e. The summed E-state index contributed by atoms with van der Waals surface area (Å²) >= 11 is 1.49. The van der Waals surface area contributed by atoms with Crippen molar-refractivity contribution >= 4 is 29.1 Å². The third kappa shape index (κ3) is 5.64. The van der Waals surface area contributed by atoms with E-state index in [-0.39, 0.29) is 11.7 Å². The van der Waals surface area contributed by atoms with Crippen LogP contribution in [0.1, 0.15) is 31.1 Å². The predicted molar refractivity (Wildman–Crippen MR) is 103 cm³/mol. The Balaban J connectivity index is 1.92. The third-order valence-electron chi connectivity index (χ3n) is 3.58. The van der Waals surface area contributed by atoms with Crippen LogP contribution in [0.2, 0.25) is 0 Å². The molecule has 25 heavy (non-hydrogen) atoms. The Bertz CT molecular complexity index is 731. The van der Waals surface area contributed by atoms with E-state index in [0.29, 0.717) is 17.0 Å². The van der Waals surface area contributed by atoms with Gasteiger partial charge in [-0.2, -0.15) is 0 Å². The molecule has 2 aromatic carbocycles. The molecule has 0 radical (unpaired) electrons. The summed E-state index contributed by atoms with van der Waals surface area (Å²) in [5.41, 5.74) is 0.873. The van der Waals surface area contributed by atoms with Crippen molar-refractivity contribution in [2.24, 2.45) is 5.41 Å². The van der Waals surface area contributed by atoms with Gasteiger partial charge < -0.3 is 10.1 Å². The van der Waals surface area contributed by atoms with Gasteiger partial charge in [0.1, 0.15) is 5.75 Å². The molecule has 0 aromatic heterocycles. The van der Waals surface area contributed by atoms with Crippen molar-refractivity contribution < 1.29 is 14.3 Å². The average Bonchev–Trinajstić information content (AvgIpc) is 2.60. The van der Waals surface area contributed by atoms with Crippen molar-refractivity contribution in [2.45, 2.75) is 25.7 Å². The number of hydrogen-bond donors (Lipinski definition) is 1. The third-order valence-corrected chi connectivity index (χ3v) is 4.59. The van der Waals surface area contributed by atoms with Crippen molar-refractivity contribution in [1.29, 1.82) is 0 Å². The summed E-state index contributed by atoms with van der Waals surface area (Å²) in [4.78, 5) is 25.3. The molecule has 1 amide bonds. The fourth-order valence-electron chi connectivity index (χ4n) is 1.96. The molecule has 0 atom stereocenters. The Labute approximate surface area is 153 Å². The van der Waals surface area contributed by atoms with Gasteiger partial charge in [0.15, 0.2) is 5.78 Å². The van der Waals surface area contributed by atoms with Gasteiger partial charge in [0, 0.05) is 21.6 Å². The fraction of sp³-hybridized carbons (Fsp3) is 0.300. The van der Waals surface area contributed by atoms with Crippen LogP contribution in [-0.4, -0.2) is 24.6 Å². The molecule has 1 N–H and O–H groups in total. The van der Waals surface area contributed by atoms with Crippen molar-refractivity contribution in [2.75, 3.05) is 18.2 Å². The van der Waals surface area contributed by atoms with Crippen molar-refractivity contribution in [1.82, 2.24) is 0 Å². The van der Waals surface area contributed by atoms with E-state index in [1.807, 2.05) is 45.0 Å². The molecule has 0 saturated heterocycles. The van der Waals surface area contributed by atoms with Crippen LogP contribution in [0.3, 0.4) is 0 Å². The molecule has 132 valence electrons. The van der Waals surface area contributed by atoms with Crippen LogP contribution in [0, 0.1) is 5.41 Å². The minimum atomic E-state index is -0.455. The topological polar surface area (TPSA) is 55.4 Å². The highest BCUT2D eigenvalue weighted by atomic mass is 32.2. The van der Waals surface area contributed by atoms with Gasteiger partial charge in [-0.25, -0.2) is 0 Å². The van der Waals surface area contributed by atoms with E-state index < -0.39 is 5.41 Å². The van der Waals surface area contributed by atoms with Crippen LogP contribution in [0.4, 0.5) is 5.69 Å². The summed E-state index contributed by atoms with van der Waals surface area (Å²) < 4.78 is 5.12. The highest BCUT2D eigenvalue weighted by molar-refractivity contribution is 8.00. The Kier molecular flexibility index (Phi) is 6.26. The van der Waals surface area contributed by atoms with E-state index in [9.17, 15) is 9.59 Å². The zero-order valence-electron chi connectivity index (χ0n) is 15.0. The van der Waals surface area contributed by atoms with Crippen LogP contribution >= 0.6 is 11.8 Å².